The average molecular weight is 304 g/mol. The highest BCUT2D eigenvalue weighted by Crippen LogP contribution is 2.24. The van der Waals surface area contributed by atoms with Crippen LogP contribution in [-0.2, 0) is 9.59 Å². The maximum Gasteiger partial charge on any atom is 0.315 e. The van der Waals surface area contributed by atoms with E-state index in [1.807, 2.05) is 0 Å². The fraction of sp³-hybridized carbons (Fsp3) is 0.273. The van der Waals surface area contributed by atoms with Crippen molar-refractivity contribution < 1.29 is 19.1 Å². The molecule has 1 N–H and O–H groups in total. The molecule has 6 heteroatoms. The predicted octanol–water partition coefficient (Wildman–Crippen LogP) is 2.27. The lowest BCUT2D eigenvalue weighted by atomic mass is 10.1. The second kappa shape index (κ2) is 5.27. The van der Waals surface area contributed by atoms with Gasteiger partial charge in [-0.2, -0.15) is 0 Å². The summed E-state index contributed by atoms with van der Waals surface area (Å²) in [6.07, 6.45) is 0. The number of amides is 1. The van der Waals surface area contributed by atoms with E-state index in [1.165, 1.54) is 32.2 Å². The first-order chi connectivity index (χ1) is 7.84. The van der Waals surface area contributed by atoms with Gasteiger partial charge in [-0.05, 0) is 25.1 Å². The number of hydrogen-bond donors (Lipinski definition) is 1. The van der Waals surface area contributed by atoms with Gasteiger partial charge in [0.05, 0.1) is 5.69 Å². The fourth-order valence-electron chi connectivity index (χ4n) is 1.26. The number of anilines is 1. The van der Waals surface area contributed by atoms with Crippen molar-refractivity contribution in [1.29, 1.82) is 0 Å². The summed E-state index contributed by atoms with van der Waals surface area (Å²) in [6, 6.07) is 4.12. The van der Waals surface area contributed by atoms with E-state index in [2.05, 4.69) is 15.9 Å². The minimum absolute atomic E-state index is 0.0393. The van der Waals surface area contributed by atoms with Gasteiger partial charge in [0.2, 0.25) is 5.91 Å². The number of carbonyl (C=O) groups excluding carboxylic acids is 1. The van der Waals surface area contributed by atoms with Crippen LogP contribution in [0, 0.1) is 11.7 Å². The Balaban J connectivity index is 3.04. The molecule has 0 aliphatic rings. The number of halogens is 2. The molecular weight excluding hydrogens is 293 g/mol. The van der Waals surface area contributed by atoms with Crippen LogP contribution in [0.15, 0.2) is 22.7 Å². The quantitative estimate of drug-likeness (QED) is 0.872. The zero-order valence-corrected chi connectivity index (χ0v) is 10.9. The number of hydrogen-bond acceptors (Lipinski definition) is 2. The third kappa shape index (κ3) is 3.03. The van der Waals surface area contributed by atoms with E-state index < -0.39 is 23.6 Å². The molecule has 0 radical (unpaired) electrons. The number of carboxylic acids is 1. The van der Waals surface area contributed by atoms with Gasteiger partial charge in [-0.15, -0.1) is 0 Å². The molecule has 4 nitrogen and oxygen atoms in total. The summed E-state index contributed by atoms with van der Waals surface area (Å²) in [6.45, 7) is 1.26. The number of carbonyl (C=O) groups is 2. The van der Waals surface area contributed by atoms with Crippen LogP contribution in [0.4, 0.5) is 10.1 Å². The Kier molecular flexibility index (Phi) is 4.22. The Morgan fingerprint density at radius 1 is 1.47 bits per heavy atom. The van der Waals surface area contributed by atoms with Gasteiger partial charge in [-0.1, -0.05) is 15.9 Å². The van der Waals surface area contributed by atoms with Gasteiger partial charge in [-0.25, -0.2) is 4.39 Å². The smallest absolute Gasteiger partial charge is 0.315 e. The molecule has 0 saturated heterocycles. The SMILES string of the molecule is CC(C(=O)O)C(=O)N(C)c1cc(Br)ccc1F. The lowest BCUT2D eigenvalue weighted by molar-refractivity contribution is -0.145. The van der Waals surface area contributed by atoms with Gasteiger partial charge < -0.3 is 10.0 Å². The largest absolute Gasteiger partial charge is 0.481 e. The lowest BCUT2D eigenvalue weighted by Crippen LogP contribution is -2.35. The highest BCUT2D eigenvalue weighted by molar-refractivity contribution is 9.10. The van der Waals surface area contributed by atoms with Crippen molar-refractivity contribution in [3.63, 3.8) is 0 Å². The van der Waals surface area contributed by atoms with Crippen LogP contribution in [0.3, 0.4) is 0 Å². The molecule has 0 fully saturated rings. The molecule has 0 bridgehead atoms. The van der Waals surface area contributed by atoms with E-state index in [1.54, 1.807) is 0 Å². The van der Waals surface area contributed by atoms with Gasteiger partial charge >= 0.3 is 5.97 Å². The number of nitrogens with zero attached hydrogens (tertiary/aromatic N) is 1. The first-order valence-corrected chi connectivity index (χ1v) is 5.59. The monoisotopic (exact) mass is 303 g/mol. The van der Waals surface area contributed by atoms with Gasteiger partial charge in [0.15, 0.2) is 0 Å². The van der Waals surface area contributed by atoms with Crippen LogP contribution in [0.1, 0.15) is 6.92 Å². The van der Waals surface area contributed by atoms with E-state index in [4.69, 9.17) is 5.11 Å². The lowest BCUT2D eigenvalue weighted by Gasteiger charge is -2.20. The summed E-state index contributed by atoms with van der Waals surface area (Å²) in [7, 11) is 1.34. The van der Waals surface area contributed by atoms with E-state index in [9.17, 15) is 14.0 Å². The Morgan fingerprint density at radius 2 is 2.06 bits per heavy atom. The van der Waals surface area contributed by atoms with E-state index >= 15 is 0 Å². The normalized spacial score (nSPS) is 12.0. The minimum Gasteiger partial charge on any atom is -0.481 e. The van der Waals surface area contributed by atoms with Crippen molar-refractivity contribution in [1.82, 2.24) is 0 Å². The minimum atomic E-state index is -1.24. The van der Waals surface area contributed by atoms with Crippen molar-refractivity contribution in [2.24, 2.45) is 5.92 Å². The second-order valence-electron chi connectivity index (χ2n) is 3.55. The van der Waals surface area contributed by atoms with Crippen molar-refractivity contribution in [3.8, 4) is 0 Å². The fourth-order valence-corrected chi connectivity index (χ4v) is 1.61. The first kappa shape index (κ1) is 13.6. The van der Waals surface area contributed by atoms with Crippen LogP contribution in [-0.4, -0.2) is 24.0 Å². The van der Waals surface area contributed by atoms with Crippen LogP contribution in [0.5, 0.6) is 0 Å². The zero-order valence-electron chi connectivity index (χ0n) is 9.28. The number of aliphatic carboxylic acids is 1. The van der Waals surface area contributed by atoms with Gasteiger partial charge in [0.25, 0.3) is 0 Å². The van der Waals surface area contributed by atoms with E-state index in [0.29, 0.717) is 4.47 Å². The molecule has 1 unspecified atom stereocenters. The second-order valence-corrected chi connectivity index (χ2v) is 4.47. The molecule has 0 saturated carbocycles. The van der Waals surface area contributed by atoms with Crippen molar-refractivity contribution >= 4 is 33.5 Å². The summed E-state index contributed by atoms with van der Waals surface area (Å²) >= 11 is 3.16. The molecule has 0 spiro atoms. The molecule has 0 heterocycles. The van der Waals surface area contributed by atoms with Crippen molar-refractivity contribution in [2.75, 3.05) is 11.9 Å². The van der Waals surface area contributed by atoms with Crippen LogP contribution >= 0.6 is 15.9 Å². The maximum atomic E-state index is 13.5. The standard InChI is InChI=1S/C11H11BrFNO3/c1-6(11(16)17)10(15)14(2)9-5-7(12)3-4-8(9)13/h3-6H,1-2H3,(H,16,17). The molecule has 1 aromatic rings. The maximum absolute atomic E-state index is 13.5. The summed E-state index contributed by atoms with van der Waals surface area (Å²) in [5.41, 5.74) is 0.0393. The van der Waals surface area contributed by atoms with Crippen molar-refractivity contribution in [3.05, 3.63) is 28.5 Å². The Bertz CT molecular complexity index is 464. The van der Waals surface area contributed by atoms with Crippen LogP contribution in [0.25, 0.3) is 0 Å². The molecule has 1 aromatic carbocycles. The first-order valence-electron chi connectivity index (χ1n) is 4.80. The molecule has 1 amide bonds. The summed E-state index contributed by atoms with van der Waals surface area (Å²) in [4.78, 5) is 23.4. The molecule has 1 rings (SSSR count). The van der Waals surface area contributed by atoms with Gasteiger partial charge in [-0.3, -0.25) is 9.59 Å². The van der Waals surface area contributed by atoms with Crippen LogP contribution < -0.4 is 4.90 Å². The average Bonchev–Trinajstić information content (AvgIpc) is 2.29. The Labute approximate surface area is 106 Å². The highest BCUT2D eigenvalue weighted by Gasteiger charge is 2.26. The molecule has 0 aromatic heterocycles. The molecular formula is C11H11BrFNO3. The number of benzene rings is 1. The van der Waals surface area contributed by atoms with E-state index in [-0.39, 0.29) is 5.69 Å². The third-order valence-corrected chi connectivity index (χ3v) is 2.83. The highest BCUT2D eigenvalue weighted by atomic mass is 79.9. The predicted molar refractivity (Wildman–Crippen MR) is 64.3 cm³/mol. The van der Waals surface area contributed by atoms with Gasteiger partial charge in [0, 0.05) is 11.5 Å². The Hall–Kier alpha value is -1.43. The third-order valence-electron chi connectivity index (χ3n) is 2.34. The molecule has 0 aliphatic heterocycles. The molecule has 17 heavy (non-hydrogen) atoms. The topological polar surface area (TPSA) is 57.6 Å². The Morgan fingerprint density at radius 3 is 2.59 bits per heavy atom. The zero-order chi connectivity index (χ0) is 13.2. The summed E-state index contributed by atoms with van der Waals surface area (Å²) < 4.78 is 14.1. The molecule has 92 valence electrons. The van der Waals surface area contributed by atoms with Gasteiger partial charge in [0.1, 0.15) is 11.7 Å². The van der Waals surface area contributed by atoms with E-state index in [0.717, 1.165) is 4.90 Å². The summed E-state index contributed by atoms with van der Waals surface area (Å²) in [5, 5.41) is 8.72. The molecule has 0 aliphatic carbocycles. The molecule has 1 atom stereocenters. The number of rotatable bonds is 3. The van der Waals surface area contributed by atoms with Crippen molar-refractivity contribution in [2.45, 2.75) is 6.92 Å². The summed E-state index contributed by atoms with van der Waals surface area (Å²) in [5.74, 6) is -3.70. The van der Waals surface area contributed by atoms with Crippen LogP contribution in [0.2, 0.25) is 0 Å². The number of carboxylic acid groups (broad SMARTS) is 1.